The summed E-state index contributed by atoms with van der Waals surface area (Å²) in [6.07, 6.45) is 0. The molecule has 7 aromatic carbocycles. The molecule has 0 radical (unpaired) electrons. The van der Waals surface area contributed by atoms with Crippen molar-refractivity contribution in [3.05, 3.63) is 169 Å². The molecule has 0 aliphatic heterocycles. The van der Waals surface area contributed by atoms with Gasteiger partial charge in [-0.15, -0.1) is 11.3 Å². The zero-order valence-corrected chi connectivity index (χ0v) is 26.5. The summed E-state index contributed by atoms with van der Waals surface area (Å²) in [5.74, 6) is 0.480. The predicted molar refractivity (Wildman–Crippen MR) is 209 cm³/mol. The molecule has 0 N–H and O–H groups in total. The van der Waals surface area contributed by atoms with Crippen molar-refractivity contribution in [1.29, 1.82) is 0 Å². The van der Waals surface area contributed by atoms with Crippen LogP contribution >= 0.6 is 11.3 Å². The molecule has 3 heterocycles. The van der Waals surface area contributed by atoms with E-state index in [1.54, 1.807) is 60.7 Å². The SMILES string of the molecule is [2H]c1c([2H])c([2H])c2c(sc3c(-c4cccc(-c5nc(-c6ccccc6)nc(-c6ccccc6-n6c7c([2H])c([2H])c([2H])c([2H])c7c7c([2H])c([2H])c([2H])c([2H])c76)n5)c4)c([2H])c([2H])c([2H])c32)c1[2H]. The van der Waals surface area contributed by atoms with Crippen molar-refractivity contribution >= 4 is 53.3 Å². The number of para-hydroxylation sites is 3. The van der Waals surface area contributed by atoms with Gasteiger partial charge in [-0.3, -0.25) is 0 Å². The van der Waals surface area contributed by atoms with E-state index in [2.05, 4.69) is 0 Å². The van der Waals surface area contributed by atoms with E-state index < -0.39 is 66.5 Å². The molecule has 3 aromatic heterocycles. The van der Waals surface area contributed by atoms with Gasteiger partial charge in [0, 0.05) is 47.6 Å². The highest BCUT2D eigenvalue weighted by molar-refractivity contribution is 7.26. The van der Waals surface area contributed by atoms with Crippen LogP contribution in [-0.2, 0) is 0 Å². The van der Waals surface area contributed by atoms with Crippen molar-refractivity contribution in [3.8, 4) is 51.0 Å². The Morgan fingerprint density at radius 1 is 0.460 bits per heavy atom. The third-order valence-corrected chi connectivity index (χ3v) is 9.55. The third kappa shape index (κ3) is 4.63. The van der Waals surface area contributed by atoms with Crippen molar-refractivity contribution < 1.29 is 20.6 Å². The number of aromatic nitrogens is 4. The highest BCUT2D eigenvalue weighted by atomic mass is 32.1. The Hall–Kier alpha value is -6.43. The summed E-state index contributed by atoms with van der Waals surface area (Å²) in [6, 6.07) is 15.9. The van der Waals surface area contributed by atoms with E-state index in [0.717, 1.165) is 11.3 Å². The van der Waals surface area contributed by atoms with E-state index >= 15 is 0 Å². The van der Waals surface area contributed by atoms with Crippen molar-refractivity contribution in [2.24, 2.45) is 0 Å². The Labute approximate surface area is 313 Å². The van der Waals surface area contributed by atoms with E-state index in [-0.39, 0.29) is 90.2 Å². The highest BCUT2D eigenvalue weighted by Gasteiger charge is 2.19. The Morgan fingerprint density at radius 3 is 1.86 bits per heavy atom. The molecular formula is C45H28N4S. The topological polar surface area (TPSA) is 43.6 Å². The van der Waals surface area contributed by atoms with Crippen LogP contribution in [0.15, 0.2) is 169 Å². The van der Waals surface area contributed by atoms with Crippen LogP contribution in [0.2, 0.25) is 0 Å². The first kappa shape index (κ1) is 17.3. The smallest absolute Gasteiger partial charge is 0.166 e. The van der Waals surface area contributed by atoms with Gasteiger partial charge in [-0.25, -0.2) is 15.0 Å². The van der Waals surface area contributed by atoms with Crippen LogP contribution in [0.1, 0.15) is 20.6 Å². The lowest BCUT2D eigenvalue weighted by Crippen LogP contribution is -2.03. The number of rotatable bonds is 5. The molecule has 0 unspecified atom stereocenters. The fourth-order valence-corrected chi connectivity index (χ4v) is 7.29. The maximum absolute atomic E-state index is 9.10. The minimum absolute atomic E-state index is 0.0742. The molecule has 234 valence electrons. The first-order chi connectivity index (χ1) is 31.0. The van der Waals surface area contributed by atoms with Crippen LogP contribution in [0.5, 0.6) is 0 Å². The number of benzene rings is 7. The van der Waals surface area contributed by atoms with Crippen molar-refractivity contribution in [1.82, 2.24) is 19.5 Å². The first-order valence-electron chi connectivity index (χ1n) is 23.0. The van der Waals surface area contributed by atoms with Gasteiger partial charge in [0.1, 0.15) is 0 Å². The quantitative estimate of drug-likeness (QED) is 0.183. The zero-order valence-electron chi connectivity index (χ0n) is 40.7. The Kier molecular flexibility index (Phi) is 4.02. The molecule has 4 nitrogen and oxygen atoms in total. The number of thiophene rings is 1. The van der Waals surface area contributed by atoms with Crippen LogP contribution in [0.25, 0.3) is 93.0 Å². The van der Waals surface area contributed by atoms with E-state index in [1.807, 2.05) is 18.2 Å². The standard InChI is InChI=1S/C45H28N4S/c1-2-14-29(15-3-1)43-46-44(31-17-12-16-30(28-31)32-22-13-23-36-35-20-7-11-27-41(35)50-42(32)36)48-45(47-43)37-21-6-10-26-40(37)49-38-24-8-4-18-33(38)34-19-5-9-25-39(34)49/h1-28H/i4D,5D,7D,8D,9D,11D,13D,18D,19D,20D,22D,23D,24D,25D,27D. The first-order valence-corrected chi connectivity index (χ1v) is 16.3. The molecule has 0 fully saturated rings. The second-order valence-corrected chi connectivity index (χ2v) is 12.3. The maximum Gasteiger partial charge on any atom is 0.166 e. The molecule has 5 heteroatoms. The molecule has 10 aromatic rings. The summed E-state index contributed by atoms with van der Waals surface area (Å²) in [4.78, 5) is 14.8. The van der Waals surface area contributed by atoms with Gasteiger partial charge in [-0.05, 0) is 47.5 Å². The molecule has 50 heavy (non-hydrogen) atoms. The lowest BCUT2D eigenvalue weighted by atomic mass is 10.0. The lowest BCUT2D eigenvalue weighted by Gasteiger charge is -2.14. The monoisotopic (exact) mass is 671 g/mol. The van der Waals surface area contributed by atoms with Gasteiger partial charge in [0.15, 0.2) is 17.5 Å². The number of hydrogen-bond acceptors (Lipinski definition) is 4. The van der Waals surface area contributed by atoms with Crippen LogP contribution in [0.4, 0.5) is 0 Å². The van der Waals surface area contributed by atoms with E-state index in [0.29, 0.717) is 27.0 Å². The molecule has 0 atom stereocenters. The molecule has 0 saturated heterocycles. The minimum Gasteiger partial charge on any atom is -0.309 e. The van der Waals surface area contributed by atoms with Crippen molar-refractivity contribution in [2.45, 2.75) is 0 Å². The zero-order chi connectivity index (χ0) is 46.1. The van der Waals surface area contributed by atoms with Crippen LogP contribution in [0, 0.1) is 0 Å². The normalized spacial score (nSPS) is 15.8. The summed E-state index contributed by atoms with van der Waals surface area (Å²) < 4.78 is 133. The van der Waals surface area contributed by atoms with Crippen LogP contribution in [0.3, 0.4) is 0 Å². The molecule has 0 aliphatic rings. The average molecular weight is 672 g/mol. The highest BCUT2D eigenvalue weighted by Crippen LogP contribution is 2.41. The van der Waals surface area contributed by atoms with Gasteiger partial charge in [0.25, 0.3) is 0 Å². The fourth-order valence-electron chi connectivity index (χ4n) is 6.21. The van der Waals surface area contributed by atoms with Crippen LogP contribution < -0.4 is 0 Å². The molecule has 0 saturated carbocycles. The molecule has 0 amide bonds. The number of fused-ring (bicyclic) bond motifs is 6. The summed E-state index contributed by atoms with van der Waals surface area (Å²) in [5, 5.41) is 0.0814. The summed E-state index contributed by atoms with van der Waals surface area (Å²) in [5.41, 5.74) is 2.11. The molecule has 10 rings (SSSR count). The van der Waals surface area contributed by atoms with Gasteiger partial charge in [0.05, 0.1) is 37.3 Å². The number of nitrogens with zero attached hydrogens (tertiary/aromatic N) is 4. The van der Waals surface area contributed by atoms with Gasteiger partial charge in [-0.2, -0.15) is 0 Å². The van der Waals surface area contributed by atoms with E-state index in [4.69, 9.17) is 35.5 Å². The lowest BCUT2D eigenvalue weighted by molar-refractivity contribution is 1.06. The summed E-state index contributed by atoms with van der Waals surface area (Å²) >= 11 is 1.02. The van der Waals surface area contributed by atoms with Gasteiger partial charge in [0.2, 0.25) is 0 Å². The van der Waals surface area contributed by atoms with Crippen molar-refractivity contribution in [2.75, 3.05) is 0 Å². The minimum atomic E-state index is -0.564. The molecule has 0 aliphatic carbocycles. The maximum atomic E-state index is 9.10. The Bertz CT molecular complexity index is 3660. The van der Waals surface area contributed by atoms with Gasteiger partial charge >= 0.3 is 0 Å². The summed E-state index contributed by atoms with van der Waals surface area (Å²) in [6.45, 7) is 0. The summed E-state index contributed by atoms with van der Waals surface area (Å²) in [7, 11) is 0. The Balaban J connectivity index is 1.25. The van der Waals surface area contributed by atoms with E-state index in [1.165, 1.54) is 4.57 Å². The largest absolute Gasteiger partial charge is 0.309 e. The molecule has 0 bridgehead atoms. The second-order valence-electron chi connectivity index (χ2n) is 11.3. The molecule has 0 spiro atoms. The van der Waals surface area contributed by atoms with Crippen LogP contribution in [-0.4, -0.2) is 19.5 Å². The van der Waals surface area contributed by atoms with Gasteiger partial charge < -0.3 is 4.57 Å². The van der Waals surface area contributed by atoms with Crippen molar-refractivity contribution in [3.63, 3.8) is 0 Å². The van der Waals surface area contributed by atoms with E-state index in [9.17, 15) is 0 Å². The average Bonchev–Trinajstić information content (AvgIpc) is 3.90. The van der Waals surface area contributed by atoms with Gasteiger partial charge in [-0.1, -0.05) is 133 Å². The number of hydrogen-bond donors (Lipinski definition) is 0. The fraction of sp³-hybridized carbons (Fsp3) is 0. The third-order valence-electron chi connectivity index (χ3n) is 8.43. The Morgan fingerprint density at radius 2 is 1.06 bits per heavy atom. The second kappa shape index (κ2) is 11.6. The predicted octanol–water partition coefficient (Wildman–Crippen LogP) is 12.0. The molecular weight excluding hydrogens is 629 g/mol.